The molecule has 0 unspecified atom stereocenters. The first-order chi connectivity index (χ1) is 13.9. The van der Waals surface area contributed by atoms with Crippen molar-refractivity contribution in [1.82, 2.24) is 5.32 Å². The zero-order valence-corrected chi connectivity index (χ0v) is 17.2. The van der Waals surface area contributed by atoms with Gasteiger partial charge in [-0.3, -0.25) is 14.4 Å². The number of hydrogen-bond donors (Lipinski definition) is 1. The first kappa shape index (κ1) is 22.4. The average molecular weight is 399 g/mol. The van der Waals surface area contributed by atoms with Gasteiger partial charge >= 0.3 is 5.97 Å². The minimum Gasteiger partial charge on any atom is -0.454 e. The SMILES string of the molecule is Cc1cc(C)cc(N(CCC#N)C(=O)COC(=O)CNC(=O)C2CCCCC2)c1. The maximum Gasteiger partial charge on any atom is 0.325 e. The van der Waals surface area contributed by atoms with Gasteiger partial charge in [-0.05, 0) is 49.9 Å². The van der Waals surface area contributed by atoms with Crippen LogP contribution in [0.3, 0.4) is 0 Å². The Morgan fingerprint density at radius 1 is 1.14 bits per heavy atom. The molecule has 0 bridgehead atoms. The van der Waals surface area contributed by atoms with Gasteiger partial charge in [-0.25, -0.2) is 0 Å². The van der Waals surface area contributed by atoms with E-state index in [4.69, 9.17) is 10.00 Å². The summed E-state index contributed by atoms with van der Waals surface area (Å²) in [5, 5.41) is 11.5. The molecule has 1 saturated carbocycles. The van der Waals surface area contributed by atoms with Crippen molar-refractivity contribution in [3.63, 3.8) is 0 Å². The topological polar surface area (TPSA) is 99.5 Å². The molecule has 0 saturated heterocycles. The molecule has 1 N–H and O–H groups in total. The van der Waals surface area contributed by atoms with E-state index < -0.39 is 18.5 Å². The molecule has 1 aromatic carbocycles. The number of amides is 2. The van der Waals surface area contributed by atoms with Crippen molar-refractivity contribution < 1.29 is 19.1 Å². The van der Waals surface area contributed by atoms with Crippen LogP contribution in [0.15, 0.2) is 18.2 Å². The lowest BCUT2D eigenvalue weighted by Gasteiger charge is -2.23. The Hall–Kier alpha value is -2.88. The summed E-state index contributed by atoms with van der Waals surface area (Å²) in [4.78, 5) is 38.1. The van der Waals surface area contributed by atoms with Gasteiger partial charge in [-0.15, -0.1) is 0 Å². The molecule has 0 radical (unpaired) electrons. The van der Waals surface area contributed by atoms with Gasteiger partial charge < -0.3 is 15.0 Å². The fourth-order valence-electron chi connectivity index (χ4n) is 3.61. The summed E-state index contributed by atoms with van der Waals surface area (Å²) in [6.45, 7) is 3.39. The molecule has 7 heteroatoms. The van der Waals surface area contributed by atoms with Crippen LogP contribution < -0.4 is 10.2 Å². The molecule has 1 aliphatic rings. The number of carbonyl (C=O) groups is 3. The highest BCUT2D eigenvalue weighted by Crippen LogP contribution is 2.23. The minimum atomic E-state index is -0.650. The third kappa shape index (κ3) is 7.22. The molecule has 2 rings (SSSR count). The average Bonchev–Trinajstić information content (AvgIpc) is 2.70. The Labute approximate surface area is 172 Å². The Balaban J connectivity index is 1.87. The van der Waals surface area contributed by atoms with Gasteiger partial charge in [0.2, 0.25) is 5.91 Å². The molecule has 2 amide bonds. The third-order valence-electron chi connectivity index (χ3n) is 5.01. The van der Waals surface area contributed by atoms with Crippen LogP contribution in [0, 0.1) is 31.1 Å². The Morgan fingerprint density at radius 2 is 1.79 bits per heavy atom. The largest absolute Gasteiger partial charge is 0.454 e. The van der Waals surface area contributed by atoms with Gasteiger partial charge in [0.05, 0.1) is 12.5 Å². The van der Waals surface area contributed by atoms with E-state index in [2.05, 4.69) is 5.32 Å². The number of nitriles is 1. The fourth-order valence-corrected chi connectivity index (χ4v) is 3.61. The van der Waals surface area contributed by atoms with E-state index in [1.54, 1.807) is 0 Å². The van der Waals surface area contributed by atoms with Gasteiger partial charge in [0.1, 0.15) is 6.54 Å². The molecule has 0 heterocycles. The molecule has 0 spiro atoms. The summed E-state index contributed by atoms with van der Waals surface area (Å²) in [5.41, 5.74) is 2.67. The third-order valence-corrected chi connectivity index (χ3v) is 5.01. The van der Waals surface area contributed by atoms with Crippen LogP contribution in [0.1, 0.15) is 49.7 Å². The maximum absolute atomic E-state index is 12.6. The smallest absolute Gasteiger partial charge is 0.325 e. The van der Waals surface area contributed by atoms with E-state index in [0.29, 0.717) is 5.69 Å². The first-order valence-electron chi connectivity index (χ1n) is 10.1. The Bertz CT molecular complexity index is 759. The van der Waals surface area contributed by atoms with E-state index in [0.717, 1.165) is 43.2 Å². The first-order valence-corrected chi connectivity index (χ1v) is 10.1. The van der Waals surface area contributed by atoms with Crippen molar-refractivity contribution in [2.45, 2.75) is 52.4 Å². The molecular formula is C22H29N3O4. The quantitative estimate of drug-likeness (QED) is 0.678. The predicted molar refractivity (Wildman–Crippen MR) is 109 cm³/mol. The van der Waals surface area contributed by atoms with Gasteiger partial charge in [0.25, 0.3) is 5.91 Å². The summed E-state index contributed by atoms with van der Waals surface area (Å²) in [6.07, 6.45) is 5.09. The molecule has 0 aliphatic heterocycles. The number of esters is 1. The van der Waals surface area contributed by atoms with Crippen molar-refractivity contribution in [1.29, 1.82) is 5.26 Å². The van der Waals surface area contributed by atoms with Crippen molar-refractivity contribution in [2.75, 3.05) is 24.6 Å². The molecule has 0 atom stereocenters. The lowest BCUT2D eigenvalue weighted by atomic mass is 9.89. The van der Waals surface area contributed by atoms with Gasteiger partial charge in [0, 0.05) is 18.2 Å². The number of ether oxygens (including phenoxy) is 1. The molecule has 156 valence electrons. The molecule has 1 aliphatic carbocycles. The highest BCUT2D eigenvalue weighted by atomic mass is 16.5. The standard InChI is InChI=1S/C22H29N3O4/c1-16-11-17(2)13-19(12-16)25(10-6-9-23)20(26)15-29-21(27)14-24-22(28)18-7-4-3-5-8-18/h11-13,18H,3-8,10,14-15H2,1-2H3,(H,24,28). The van der Waals surface area contributed by atoms with Crippen LogP contribution in [0.4, 0.5) is 5.69 Å². The summed E-state index contributed by atoms with van der Waals surface area (Å²) in [7, 11) is 0. The van der Waals surface area contributed by atoms with Crippen LogP contribution in [0.5, 0.6) is 0 Å². The molecule has 0 aromatic heterocycles. The number of aryl methyl sites for hydroxylation is 2. The van der Waals surface area contributed by atoms with Crippen molar-refractivity contribution in [2.24, 2.45) is 5.92 Å². The number of nitrogens with zero attached hydrogens (tertiary/aromatic N) is 2. The van der Waals surface area contributed by atoms with Crippen molar-refractivity contribution in [3.8, 4) is 6.07 Å². The summed E-state index contributed by atoms with van der Waals surface area (Å²) >= 11 is 0. The highest BCUT2D eigenvalue weighted by molar-refractivity contribution is 5.95. The van der Waals surface area contributed by atoms with Crippen molar-refractivity contribution >= 4 is 23.5 Å². The molecular weight excluding hydrogens is 370 g/mol. The lowest BCUT2D eigenvalue weighted by molar-refractivity contribution is -0.148. The minimum absolute atomic E-state index is 0.0378. The Kier molecular flexibility index (Phi) is 8.66. The number of rotatable bonds is 8. The molecule has 7 nitrogen and oxygen atoms in total. The number of hydrogen-bond acceptors (Lipinski definition) is 5. The Morgan fingerprint density at radius 3 is 2.41 bits per heavy atom. The summed E-state index contributed by atoms with van der Waals surface area (Å²) in [5.74, 6) is -1.22. The number of anilines is 1. The monoisotopic (exact) mass is 399 g/mol. The van der Waals surface area contributed by atoms with Crippen molar-refractivity contribution in [3.05, 3.63) is 29.3 Å². The van der Waals surface area contributed by atoms with Crippen LogP contribution in [-0.2, 0) is 19.1 Å². The van der Waals surface area contributed by atoms with E-state index >= 15 is 0 Å². The van der Waals surface area contributed by atoms with Crippen LogP contribution in [0.25, 0.3) is 0 Å². The number of benzene rings is 1. The molecule has 29 heavy (non-hydrogen) atoms. The van der Waals surface area contributed by atoms with Crippen LogP contribution >= 0.6 is 0 Å². The number of carbonyl (C=O) groups excluding carboxylic acids is 3. The maximum atomic E-state index is 12.6. The zero-order chi connectivity index (χ0) is 21.2. The zero-order valence-electron chi connectivity index (χ0n) is 17.2. The van der Waals surface area contributed by atoms with Crippen LogP contribution in [0.2, 0.25) is 0 Å². The van der Waals surface area contributed by atoms with E-state index in [9.17, 15) is 14.4 Å². The van der Waals surface area contributed by atoms with Gasteiger partial charge in [-0.2, -0.15) is 5.26 Å². The van der Waals surface area contributed by atoms with E-state index in [1.165, 1.54) is 4.90 Å². The molecule has 1 aromatic rings. The second-order valence-electron chi connectivity index (χ2n) is 7.51. The predicted octanol–water partition coefficient (Wildman–Crippen LogP) is 2.79. The van der Waals surface area contributed by atoms with E-state index in [1.807, 2.05) is 38.1 Å². The van der Waals surface area contributed by atoms with Gasteiger partial charge in [-0.1, -0.05) is 25.3 Å². The summed E-state index contributed by atoms with van der Waals surface area (Å²) < 4.78 is 5.06. The molecule has 1 fully saturated rings. The number of nitrogens with one attached hydrogen (secondary N) is 1. The normalized spacial score (nSPS) is 14.0. The second kappa shape index (κ2) is 11.2. The van der Waals surface area contributed by atoms with E-state index in [-0.39, 0.29) is 31.3 Å². The fraction of sp³-hybridized carbons (Fsp3) is 0.545. The van der Waals surface area contributed by atoms with Gasteiger partial charge in [0.15, 0.2) is 6.61 Å². The highest BCUT2D eigenvalue weighted by Gasteiger charge is 2.22. The summed E-state index contributed by atoms with van der Waals surface area (Å²) in [6, 6.07) is 7.73. The second-order valence-corrected chi connectivity index (χ2v) is 7.51. The lowest BCUT2D eigenvalue weighted by Crippen LogP contribution is -2.39. The van der Waals surface area contributed by atoms with Crippen LogP contribution in [-0.4, -0.2) is 37.5 Å².